The number of piperazine rings is 1. The SMILES string of the molecule is CCc1ccccc1C(=O)NCCCN1CCNCC1. The van der Waals surface area contributed by atoms with Gasteiger partial charge in [-0.25, -0.2) is 0 Å². The van der Waals surface area contributed by atoms with Crippen molar-refractivity contribution >= 4 is 5.91 Å². The highest BCUT2D eigenvalue weighted by Crippen LogP contribution is 2.09. The lowest BCUT2D eigenvalue weighted by Gasteiger charge is -2.27. The van der Waals surface area contributed by atoms with Crippen molar-refractivity contribution < 1.29 is 4.79 Å². The van der Waals surface area contributed by atoms with Gasteiger partial charge in [-0.2, -0.15) is 0 Å². The number of amides is 1. The average molecular weight is 275 g/mol. The number of carbonyl (C=O) groups is 1. The Morgan fingerprint density at radius 2 is 2.05 bits per heavy atom. The lowest BCUT2D eigenvalue weighted by Crippen LogP contribution is -2.44. The van der Waals surface area contributed by atoms with E-state index in [1.54, 1.807) is 0 Å². The summed E-state index contributed by atoms with van der Waals surface area (Å²) in [4.78, 5) is 14.6. The zero-order valence-electron chi connectivity index (χ0n) is 12.3. The fraction of sp³-hybridized carbons (Fsp3) is 0.562. The lowest BCUT2D eigenvalue weighted by atomic mass is 10.0. The topological polar surface area (TPSA) is 44.4 Å². The number of aryl methyl sites for hydroxylation is 1. The highest BCUT2D eigenvalue weighted by molar-refractivity contribution is 5.95. The average Bonchev–Trinajstić information content (AvgIpc) is 2.52. The van der Waals surface area contributed by atoms with Crippen LogP contribution in [-0.4, -0.2) is 50.1 Å². The number of hydrogen-bond acceptors (Lipinski definition) is 3. The Kier molecular flexibility index (Phi) is 6.02. The van der Waals surface area contributed by atoms with Crippen LogP contribution in [0.1, 0.15) is 29.3 Å². The van der Waals surface area contributed by atoms with Crippen molar-refractivity contribution in [3.63, 3.8) is 0 Å². The molecule has 0 radical (unpaired) electrons. The Bertz CT molecular complexity index is 427. The predicted octanol–water partition coefficient (Wildman–Crippen LogP) is 1.27. The molecule has 0 unspecified atom stereocenters. The van der Waals surface area contributed by atoms with Crippen LogP contribution in [0.15, 0.2) is 24.3 Å². The molecule has 1 saturated heterocycles. The number of carbonyl (C=O) groups excluding carboxylic acids is 1. The first-order chi connectivity index (χ1) is 9.81. The van der Waals surface area contributed by atoms with Gasteiger partial charge in [-0.05, 0) is 31.0 Å². The summed E-state index contributed by atoms with van der Waals surface area (Å²) in [5, 5.41) is 6.38. The van der Waals surface area contributed by atoms with Crippen molar-refractivity contribution in [2.24, 2.45) is 0 Å². The van der Waals surface area contributed by atoms with Gasteiger partial charge >= 0.3 is 0 Å². The van der Waals surface area contributed by atoms with Crippen LogP contribution in [0.2, 0.25) is 0 Å². The highest BCUT2D eigenvalue weighted by Gasteiger charge is 2.10. The monoisotopic (exact) mass is 275 g/mol. The molecular formula is C16H25N3O. The van der Waals surface area contributed by atoms with Gasteiger partial charge in [-0.1, -0.05) is 25.1 Å². The normalized spacial score (nSPS) is 16.1. The van der Waals surface area contributed by atoms with Gasteiger partial charge in [0.15, 0.2) is 0 Å². The highest BCUT2D eigenvalue weighted by atomic mass is 16.1. The molecule has 1 fully saturated rings. The van der Waals surface area contributed by atoms with E-state index in [0.717, 1.165) is 63.2 Å². The van der Waals surface area contributed by atoms with Crippen molar-refractivity contribution in [1.29, 1.82) is 0 Å². The van der Waals surface area contributed by atoms with Gasteiger partial charge < -0.3 is 15.5 Å². The van der Waals surface area contributed by atoms with E-state index in [2.05, 4.69) is 22.5 Å². The molecule has 4 nitrogen and oxygen atoms in total. The molecule has 1 amide bonds. The molecule has 1 aromatic carbocycles. The summed E-state index contributed by atoms with van der Waals surface area (Å²) in [7, 11) is 0. The molecule has 2 N–H and O–H groups in total. The predicted molar refractivity (Wildman–Crippen MR) is 82.1 cm³/mol. The Balaban J connectivity index is 1.72. The summed E-state index contributed by atoms with van der Waals surface area (Å²) in [6.45, 7) is 8.29. The Hall–Kier alpha value is -1.39. The molecule has 4 heteroatoms. The molecule has 1 aliphatic rings. The summed E-state index contributed by atoms with van der Waals surface area (Å²) < 4.78 is 0. The second-order valence-electron chi connectivity index (χ2n) is 5.21. The maximum Gasteiger partial charge on any atom is 0.251 e. The zero-order chi connectivity index (χ0) is 14.2. The van der Waals surface area contributed by atoms with Crippen LogP contribution in [0.25, 0.3) is 0 Å². The number of rotatable bonds is 6. The molecule has 1 heterocycles. The Labute approximate surface area is 121 Å². The quantitative estimate of drug-likeness (QED) is 0.769. The van der Waals surface area contributed by atoms with Crippen LogP contribution >= 0.6 is 0 Å². The molecule has 1 aliphatic heterocycles. The minimum atomic E-state index is 0.0581. The fourth-order valence-electron chi connectivity index (χ4n) is 2.58. The maximum absolute atomic E-state index is 12.1. The van der Waals surface area contributed by atoms with Crippen molar-refractivity contribution in [3.8, 4) is 0 Å². The summed E-state index contributed by atoms with van der Waals surface area (Å²) >= 11 is 0. The number of benzene rings is 1. The van der Waals surface area contributed by atoms with Gasteiger partial charge in [0.25, 0.3) is 5.91 Å². The van der Waals surface area contributed by atoms with Crippen LogP contribution < -0.4 is 10.6 Å². The summed E-state index contributed by atoms with van der Waals surface area (Å²) in [6, 6.07) is 7.84. The standard InChI is InChI=1S/C16H25N3O/c1-2-14-6-3-4-7-15(14)16(20)18-8-5-11-19-12-9-17-10-13-19/h3-4,6-7,17H,2,5,8-13H2,1H3,(H,18,20). The molecular weight excluding hydrogens is 250 g/mol. The van der Waals surface area contributed by atoms with E-state index < -0.39 is 0 Å². The number of nitrogens with zero attached hydrogens (tertiary/aromatic N) is 1. The van der Waals surface area contributed by atoms with E-state index in [0.29, 0.717) is 0 Å². The third kappa shape index (κ3) is 4.32. The molecule has 0 bridgehead atoms. The third-order valence-corrected chi connectivity index (χ3v) is 3.79. The Morgan fingerprint density at radius 1 is 1.30 bits per heavy atom. The molecule has 1 aromatic rings. The molecule has 2 rings (SSSR count). The molecule has 110 valence electrons. The summed E-state index contributed by atoms with van der Waals surface area (Å²) in [5.41, 5.74) is 1.93. The van der Waals surface area contributed by atoms with Crippen molar-refractivity contribution in [3.05, 3.63) is 35.4 Å². The van der Waals surface area contributed by atoms with Gasteiger partial charge in [-0.15, -0.1) is 0 Å². The van der Waals surface area contributed by atoms with Crippen LogP contribution in [0.3, 0.4) is 0 Å². The molecule has 0 atom stereocenters. The van der Waals surface area contributed by atoms with E-state index in [-0.39, 0.29) is 5.91 Å². The minimum absolute atomic E-state index is 0.0581. The third-order valence-electron chi connectivity index (χ3n) is 3.79. The largest absolute Gasteiger partial charge is 0.352 e. The maximum atomic E-state index is 12.1. The fourth-order valence-corrected chi connectivity index (χ4v) is 2.58. The smallest absolute Gasteiger partial charge is 0.251 e. The zero-order valence-corrected chi connectivity index (χ0v) is 12.3. The second-order valence-corrected chi connectivity index (χ2v) is 5.21. The van der Waals surface area contributed by atoms with E-state index >= 15 is 0 Å². The van der Waals surface area contributed by atoms with Gasteiger partial charge in [0.1, 0.15) is 0 Å². The minimum Gasteiger partial charge on any atom is -0.352 e. The van der Waals surface area contributed by atoms with Crippen molar-refractivity contribution in [1.82, 2.24) is 15.5 Å². The van der Waals surface area contributed by atoms with Gasteiger partial charge in [0.05, 0.1) is 0 Å². The number of hydrogen-bond donors (Lipinski definition) is 2. The summed E-state index contributed by atoms with van der Waals surface area (Å²) in [5.74, 6) is 0.0581. The van der Waals surface area contributed by atoms with Crippen LogP contribution in [-0.2, 0) is 6.42 Å². The first kappa shape index (κ1) is 15.0. The first-order valence-electron chi connectivity index (χ1n) is 7.60. The van der Waals surface area contributed by atoms with Gasteiger partial charge in [0.2, 0.25) is 0 Å². The van der Waals surface area contributed by atoms with E-state index in [1.165, 1.54) is 0 Å². The van der Waals surface area contributed by atoms with Crippen LogP contribution in [0, 0.1) is 0 Å². The summed E-state index contributed by atoms with van der Waals surface area (Å²) in [6.07, 6.45) is 1.91. The van der Waals surface area contributed by atoms with Crippen molar-refractivity contribution in [2.45, 2.75) is 19.8 Å². The molecule has 20 heavy (non-hydrogen) atoms. The molecule has 0 saturated carbocycles. The van der Waals surface area contributed by atoms with E-state index in [9.17, 15) is 4.79 Å². The van der Waals surface area contributed by atoms with E-state index in [4.69, 9.17) is 0 Å². The molecule has 0 spiro atoms. The van der Waals surface area contributed by atoms with Gasteiger partial charge in [-0.3, -0.25) is 4.79 Å². The molecule has 0 aromatic heterocycles. The first-order valence-corrected chi connectivity index (χ1v) is 7.60. The van der Waals surface area contributed by atoms with Crippen LogP contribution in [0.4, 0.5) is 0 Å². The molecule has 0 aliphatic carbocycles. The van der Waals surface area contributed by atoms with E-state index in [1.807, 2.05) is 24.3 Å². The second kappa shape index (κ2) is 8.02. The van der Waals surface area contributed by atoms with Crippen LogP contribution in [0.5, 0.6) is 0 Å². The lowest BCUT2D eigenvalue weighted by molar-refractivity contribution is 0.0950. The van der Waals surface area contributed by atoms with Gasteiger partial charge in [0, 0.05) is 38.3 Å². The van der Waals surface area contributed by atoms with Crippen molar-refractivity contribution in [2.75, 3.05) is 39.3 Å². The Morgan fingerprint density at radius 3 is 2.80 bits per heavy atom. The number of nitrogens with one attached hydrogen (secondary N) is 2.